The van der Waals surface area contributed by atoms with Crippen molar-refractivity contribution in [2.45, 2.75) is 12.5 Å². The van der Waals surface area contributed by atoms with E-state index in [4.69, 9.17) is 17.4 Å². The maximum Gasteiger partial charge on any atom is 0.240 e. The van der Waals surface area contributed by atoms with Crippen molar-refractivity contribution >= 4 is 27.3 Å². The van der Waals surface area contributed by atoms with E-state index in [0.717, 1.165) is 15.2 Å². The summed E-state index contributed by atoms with van der Waals surface area (Å²) >= 11 is 1.31. The molecule has 1 aromatic carbocycles. The largest absolute Gasteiger partial charge is 0.369 e. The first-order valence-corrected chi connectivity index (χ1v) is 10.2. The summed E-state index contributed by atoms with van der Waals surface area (Å²) in [7, 11) is -2.42. The summed E-state index contributed by atoms with van der Waals surface area (Å²) in [5.41, 5.74) is 5.54. The highest BCUT2D eigenvalue weighted by atomic mass is 32.2. The van der Waals surface area contributed by atoms with Crippen LogP contribution in [-0.4, -0.2) is 31.5 Å². The molecule has 27 heavy (non-hydrogen) atoms. The molecule has 0 radical (unpaired) electrons. The lowest BCUT2D eigenvalue weighted by Gasteiger charge is -2.33. The summed E-state index contributed by atoms with van der Waals surface area (Å²) in [5, 5.41) is 9.04. The molecule has 0 spiro atoms. The maximum atomic E-state index is 13.8. The van der Waals surface area contributed by atoms with Crippen LogP contribution in [0.3, 0.4) is 0 Å². The van der Waals surface area contributed by atoms with E-state index in [1.807, 2.05) is 6.07 Å². The first kappa shape index (κ1) is 18.9. The van der Waals surface area contributed by atoms with E-state index in [0.29, 0.717) is 16.0 Å². The summed E-state index contributed by atoms with van der Waals surface area (Å²) < 4.78 is 39.6. The van der Waals surface area contributed by atoms with Crippen LogP contribution >= 0.6 is 11.3 Å². The zero-order valence-electron chi connectivity index (χ0n) is 14.5. The lowest BCUT2D eigenvalue weighted by Crippen LogP contribution is -2.51. The number of hydrogen-bond donors (Lipinski definition) is 1. The standard InChI is InChI=1S/C18H15FN4O2S2/c1-4-18(10-27(24,25)23(3)17(21)22-18)15-8-16(26-11(15)2)13-5-12(9-20)6-14(19)7-13/h1,5-8H,10H2,2-3H3,(H2,21,22)/t18-/m0/s1. The quantitative estimate of drug-likeness (QED) is 0.778. The fourth-order valence-corrected chi connectivity index (χ4v) is 5.35. The number of benzene rings is 1. The first-order valence-electron chi connectivity index (χ1n) is 7.73. The molecule has 0 unspecified atom stereocenters. The number of hydrogen-bond acceptors (Lipinski definition) is 6. The highest BCUT2D eigenvalue weighted by Gasteiger charge is 2.44. The normalized spacial score (nSPS) is 21.2. The first-order chi connectivity index (χ1) is 12.6. The van der Waals surface area contributed by atoms with Gasteiger partial charge in [0.05, 0.1) is 11.6 Å². The Labute approximate surface area is 160 Å². The lowest BCUT2D eigenvalue weighted by atomic mass is 9.93. The van der Waals surface area contributed by atoms with E-state index in [1.165, 1.54) is 24.5 Å². The van der Waals surface area contributed by atoms with Gasteiger partial charge >= 0.3 is 0 Å². The molecular weight excluding hydrogens is 387 g/mol. The fraction of sp³-hybridized carbons (Fsp3) is 0.222. The van der Waals surface area contributed by atoms with Gasteiger partial charge in [0.25, 0.3) is 0 Å². The number of halogens is 1. The average Bonchev–Trinajstić information content (AvgIpc) is 3.01. The molecule has 138 valence electrons. The van der Waals surface area contributed by atoms with Crippen molar-refractivity contribution < 1.29 is 12.8 Å². The monoisotopic (exact) mass is 402 g/mol. The number of nitrogens with zero attached hydrogens (tertiary/aromatic N) is 3. The SMILES string of the molecule is C#C[C@@]1(c2cc(-c3cc(F)cc(C#N)c3)sc2C)CS(=O)(=O)N(C)C(N)=N1. The molecule has 0 fully saturated rings. The molecule has 1 aliphatic heterocycles. The molecule has 0 bridgehead atoms. The molecule has 0 saturated heterocycles. The lowest BCUT2D eigenvalue weighted by molar-refractivity contribution is 0.509. The van der Waals surface area contributed by atoms with Crippen LogP contribution in [0.2, 0.25) is 0 Å². The smallest absolute Gasteiger partial charge is 0.240 e. The van der Waals surface area contributed by atoms with Crippen LogP contribution in [0.4, 0.5) is 4.39 Å². The summed E-state index contributed by atoms with van der Waals surface area (Å²) in [5.74, 6) is 1.34. The Morgan fingerprint density at radius 3 is 2.70 bits per heavy atom. The zero-order chi connectivity index (χ0) is 20.0. The van der Waals surface area contributed by atoms with Crippen LogP contribution in [0, 0.1) is 36.4 Å². The molecule has 1 aliphatic rings. The molecule has 9 heteroatoms. The van der Waals surface area contributed by atoms with Crippen LogP contribution in [0.1, 0.15) is 16.0 Å². The van der Waals surface area contributed by atoms with Crippen molar-refractivity contribution in [2.24, 2.45) is 10.7 Å². The van der Waals surface area contributed by atoms with Crippen molar-refractivity contribution in [2.75, 3.05) is 12.8 Å². The molecule has 6 nitrogen and oxygen atoms in total. The van der Waals surface area contributed by atoms with Crippen LogP contribution in [0.5, 0.6) is 0 Å². The number of terminal acetylenes is 1. The van der Waals surface area contributed by atoms with E-state index in [-0.39, 0.29) is 11.5 Å². The second-order valence-electron chi connectivity index (χ2n) is 6.12. The highest BCUT2D eigenvalue weighted by molar-refractivity contribution is 7.89. The summed E-state index contributed by atoms with van der Waals surface area (Å²) in [4.78, 5) is 5.67. The number of aliphatic imine (C=N–C) groups is 1. The van der Waals surface area contributed by atoms with Gasteiger partial charge in [-0.05, 0) is 36.8 Å². The third kappa shape index (κ3) is 3.16. The second-order valence-corrected chi connectivity index (χ2v) is 9.38. The minimum atomic E-state index is -3.73. The molecule has 0 saturated carbocycles. The number of sulfonamides is 1. The van der Waals surface area contributed by atoms with E-state index >= 15 is 0 Å². The Hall–Kier alpha value is -2.88. The van der Waals surface area contributed by atoms with Crippen LogP contribution in [0.25, 0.3) is 10.4 Å². The number of thiophene rings is 1. The summed E-state index contributed by atoms with van der Waals surface area (Å²) in [6, 6.07) is 7.61. The molecule has 2 heterocycles. The zero-order valence-corrected chi connectivity index (χ0v) is 16.2. The van der Waals surface area contributed by atoms with Crippen LogP contribution < -0.4 is 5.73 Å². The van der Waals surface area contributed by atoms with Crippen LogP contribution in [0.15, 0.2) is 29.3 Å². The summed E-state index contributed by atoms with van der Waals surface area (Å²) in [6.45, 7) is 1.78. The Balaban J connectivity index is 2.19. The van der Waals surface area contributed by atoms with Crippen LogP contribution in [-0.2, 0) is 15.6 Å². The molecule has 0 amide bonds. The molecule has 2 N–H and O–H groups in total. The number of rotatable bonds is 2. The van der Waals surface area contributed by atoms with E-state index in [9.17, 15) is 12.8 Å². The third-order valence-corrected chi connectivity index (χ3v) is 7.25. The minimum absolute atomic E-state index is 0.188. The van der Waals surface area contributed by atoms with Gasteiger partial charge in [0.2, 0.25) is 16.0 Å². The number of nitriles is 1. The second kappa shape index (κ2) is 6.38. The van der Waals surface area contributed by atoms with Gasteiger partial charge in [-0.15, -0.1) is 17.8 Å². The highest BCUT2D eigenvalue weighted by Crippen LogP contribution is 2.40. The van der Waals surface area contributed by atoms with Gasteiger partial charge in [-0.3, -0.25) is 0 Å². The number of nitrogens with two attached hydrogens (primary N) is 1. The predicted molar refractivity (Wildman–Crippen MR) is 103 cm³/mol. The minimum Gasteiger partial charge on any atom is -0.369 e. The van der Waals surface area contributed by atoms with Crippen molar-refractivity contribution in [3.63, 3.8) is 0 Å². The topological polar surface area (TPSA) is 99.5 Å². The Kier molecular flexibility index (Phi) is 4.46. The van der Waals surface area contributed by atoms with Gasteiger partial charge in [0, 0.05) is 22.4 Å². The fourth-order valence-electron chi connectivity index (χ4n) is 2.92. The third-order valence-electron chi connectivity index (χ3n) is 4.35. The molecule has 3 rings (SSSR count). The van der Waals surface area contributed by atoms with Gasteiger partial charge in [-0.25, -0.2) is 22.1 Å². The van der Waals surface area contributed by atoms with Gasteiger partial charge in [0.1, 0.15) is 11.6 Å². The van der Waals surface area contributed by atoms with Gasteiger partial charge < -0.3 is 5.73 Å². The van der Waals surface area contributed by atoms with E-state index < -0.39 is 27.1 Å². The Morgan fingerprint density at radius 2 is 2.11 bits per heavy atom. The van der Waals surface area contributed by atoms with Crippen molar-refractivity contribution in [3.8, 4) is 28.9 Å². The molecular formula is C18H15FN4O2S2. The predicted octanol–water partition coefficient (Wildman–Crippen LogP) is 2.15. The molecule has 2 aromatic rings. The summed E-state index contributed by atoms with van der Waals surface area (Å²) in [6.07, 6.45) is 5.69. The Morgan fingerprint density at radius 1 is 1.41 bits per heavy atom. The van der Waals surface area contributed by atoms with Crippen molar-refractivity contribution in [3.05, 3.63) is 46.1 Å². The number of aryl methyl sites for hydroxylation is 1. The van der Waals surface area contributed by atoms with Crippen molar-refractivity contribution in [1.29, 1.82) is 5.26 Å². The number of guanidine groups is 1. The Bertz CT molecular complexity index is 1150. The van der Waals surface area contributed by atoms with Gasteiger partial charge in [-0.2, -0.15) is 5.26 Å². The molecule has 0 aliphatic carbocycles. The molecule has 1 aromatic heterocycles. The maximum absolute atomic E-state index is 13.8. The van der Waals surface area contributed by atoms with Crippen molar-refractivity contribution in [1.82, 2.24) is 4.31 Å². The van der Waals surface area contributed by atoms with E-state index in [2.05, 4.69) is 10.9 Å². The molecule has 1 atom stereocenters. The van der Waals surface area contributed by atoms with Gasteiger partial charge in [0.15, 0.2) is 5.54 Å². The average molecular weight is 402 g/mol. The van der Waals surface area contributed by atoms with E-state index in [1.54, 1.807) is 19.1 Å². The van der Waals surface area contributed by atoms with Gasteiger partial charge in [-0.1, -0.05) is 5.92 Å².